The number of phenolic OH excluding ortho intramolecular Hbond substituents is 1. The first kappa shape index (κ1) is 19.6. The number of phenols is 1. The van der Waals surface area contributed by atoms with E-state index in [0.717, 1.165) is 28.7 Å². The highest BCUT2D eigenvalue weighted by molar-refractivity contribution is 9.11. The molecule has 0 amide bonds. The zero-order valence-electron chi connectivity index (χ0n) is 14.9. The Hall–Kier alpha value is -1.16. The molecule has 1 heterocycles. The van der Waals surface area contributed by atoms with E-state index in [0.29, 0.717) is 21.5 Å². The standard InChI is InChI=1S/C20H20Br2N2OS/c1-20(2,3)12-4-5-14-15(9-23)19(26-17(14)7-12)24-10-11-6-13(21)8-16(22)18(11)25/h6,8,10,12,25H,4-5,7H2,1-3H3/t12-/m0/s1. The number of aromatic hydroxyl groups is 1. The van der Waals surface area contributed by atoms with Gasteiger partial charge in [0.05, 0.1) is 10.0 Å². The van der Waals surface area contributed by atoms with Crippen molar-refractivity contribution in [3.05, 3.63) is 42.6 Å². The summed E-state index contributed by atoms with van der Waals surface area (Å²) in [4.78, 5) is 5.84. The number of hydrogen-bond acceptors (Lipinski definition) is 4. The second-order valence-corrected chi connectivity index (χ2v) is 10.5. The van der Waals surface area contributed by atoms with Gasteiger partial charge in [-0.2, -0.15) is 5.26 Å². The molecule has 0 saturated carbocycles. The van der Waals surface area contributed by atoms with Gasteiger partial charge in [-0.15, -0.1) is 11.3 Å². The summed E-state index contributed by atoms with van der Waals surface area (Å²) in [5.74, 6) is 0.770. The maximum Gasteiger partial charge on any atom is 0.138 e. The number of nitriles is 1. The molecular weight excluding hydrogens is 476 g/mol. The van der Waals surface area contributed by atoms with Crippen molar-refractivity contribution >= 4 is 54.4 Å². The molecule has 1 N–H and O–H groups in total. The number of benzene rings is 1. The highest BCUT2D eigenvalue weighted by Crippen LogP contribution is 2.45. The molecule has 0 saturated heterocycles. The van der Waals surface area contributed by atoms with Gasteiger partial charge in [0.25, 0.3) is 0 Å². The van der Waals surface area contributed by atoms with Crippen molar-refractivity contribution in [3.8, 4) is 11.8 Å². The lowest BCUT2D eigenvalue weighted by Crippen LogP contribution is -2.26. The summed E-state index contributed by atoms with van der Waals surface area (Å²) in [5.41, 5.74) is 2.74. The van der Waals surface area contributed by atoms with Gasteiger partial charge in [-0.3, -0.25) is 0 Å². The largest absolute Gasteiger partial charge is 0.506 e. The van der Waals surface area contributed by atoms with Crippen molar-refractivity contribution in [1.82, 2.24) is 0 Å². The number of rotatable bonds is 2. The Morgan fingerprint density at radius 2 is 2.08 bits per heavy atom. The van der Waals surface area contributed by atoms with Gasteiger partial charge in [-0.05, 0) is 64.2 Å². The van der Waals surface area contributed by atoms with Crippen LogP contribution in [0.2, 0.25) is 0 Å². The van der Waals surface area contributed by atoms with E-state index in [2.05, 4.69) is 63.7 Å². The number of fused-ring (bicyclic) bond motifs is 1. The molecule has 0 bridgehead atoms. The van der Waals surface area contributed by atoms with Crippen LogP contribution in [0.4, 0.5) is 5.00 Å². The minimum absolute atomic E-state index is 0.143. The lowest BCUT2D eigenvalue weighted by molar-refractivity contribution is 0.218. The monoisotopic (exact) mass is 494 g/mol. The molecule has 1 aliphatic rings. The molecule has 3 nitrogen and oxygen atoms in total. The van der Waals surface area contributed by atoms with Crippen LogP contribution in [0.3, 0.4) is 0 Å². The summed E-state index contributed by atoms with van der Waals surface area (Å²) in [6.45, 7) is 6.86. The summed E-state index contributed by atoms with van der Waals surface area (Å²) in [7, 11) is 0. The molecule has 136 valence electrons. The molecule has 0 aliphatic heterocycles. The predicted molar refractivity (Wildman–Crippen MR) is 115 cm³/mol. The van der Waals surface area contributed by atoms with Crippen LogP contribution in [-0.4, -0.2) is 11.3 Å². The third-order valence-electron chi connectivity index (χ3n) is 4.96. The summed E-state index contributed by atoms with van der Waals surface area (Å²) in [5, 5.41) is 20.6. The predicted octanol–water partition coefficient (Wildman–Crippen LogP) is 6.75. The molecule has 26 heavy (non-hydrogen) atoms. The van der Waals surface area contributed by atoms with Crippen molar-refractivity contribution in [3.63, 3.8) is 0 Å². The smallest absolute Gasteiger partial charge is 0.138 e. The average Bonchev–Trinajstić information content (AvgIpc) is 2.92. The third kappa shape index (κ3) is 3.90. The van der Waals surface area contributed by atoms with Crippen molar-refractivity contribution in [2.75, 3.05) is 0 Å². The molecule has 1 aromatic carbocycles. The Morgan fingerprint density at radius 1 is 1.35 bits per heavy atom. The molecule has 0 fully saturated rings. The lowest BCUT2D eigenvalue weighted by atomic mass is 9.72. The fourth-order valence-corrected chi connectivity index (χ4v) is 5.81. The zero-order chi connectivity index (χ0) is 19.1. The fraction of sp³-hybridized carbons (Fsp3) is 0.400. The Balaban J connectivity index is 1.96. The summed E-state index contributed by atoms with van der Waals surface area (Å²) in [6, 6.07) is 5.93. The minimum atomic E-state index is 0.143. The molecule has 0 unspecified atom stereocenters. The van der Waals surface area contributed by atoms with E-state index in [1.165, 1.54) is 10.4 Å². The van der Waals surface area contributed by atoms with Crippen LogP contribution in [0.15, 0.2) is 26.1 Å². The van der Waals surface area contributed by atoms with Gasteiger partial charge in [-0.1, -0.05) is 36.7 Å². The van der Waals surface area contributed by atoms with Crippen LogP contribution < -0.4 is 0 Å². The number of nitrogens with zero attached hydrogens (tertiary/aromatic N) is 2. The highest BCUT2D eigenvalue weighted by atomic mass is 79.9. The average molecular weight is 496 g/mol. The second kappa shape index (κ2) is 7.46. The van der Waals surface area contributed by atoms with Crippen LogP contribution in [-0.2, 0) is 12.8 Å². The fourth-order valence-electron chi connectivity index (χ4n) is 3.33. The normalized spacial score (nSPS) is 17.3. The van der Waals surface area contributed by atoms with E-state index in [-0.39, 0.29) is 11.2 Å². The molecule has 1 aliphatic carbocycles. The van der Waals surface area contributed by atoms with Crippen molar-refractivity contribution in [2.45, 2.75) is 40.0 Å². The van der Waals surface area contributed by atoms with E-state index >= 15 is 0 Å². The maximum absolute atomic E-state index is 10.2. The van der Waals surface area contributed by atoms with Gasteiger partial charge in [0.1, 0.15) is 16.8 Å². The zero-order valence-corrected chi connectivity index (χ0v) is 18.9. The Labute approximate surface area is 175 Å². The number of thiophene rings is 1. The Bertz CT molecular complexity index is 919. The minimum Gasteiger partial charge on any atom is -0.506 e. The van der Waals surface area contributed by atoms with Gasteiger partial charge >= 0.3 is 0 Å². The molecule has 1 aromatic heterocycles. The Kier molecular flexibility index (Phi) is 5.62. The quantitative estimate of drug-likeness (QED) is 0.468. The summed E-state index contributed by atoms with van der Waals surface area (Å²) >= 11 is 8.37. The van der Waals surface area contributed by atoms with E-state index in [1.54, 1.807) is 29.7 Å². The second-order valence-electron chi connectivity index (χ2n) is 7.69. The molecule has 3 rings (SSSR count). The maximum atomic E-state index is 10.2. The van der Waals surface area contributed by atoms with E-state index in [1.807, 2.05) is 0 Å². The summed E-state index contributed by atoms with van der Waals surface area (Å²) in [6.07, 6.45) is 4.70. The van der Waals surface area contributed by atoms with Gasteiger partial charge in [0.15, 0.2) is 0 Å². The first-order valence-electron chi connectivity index (χ1n) is 8.47. The van der Waals surface area contributed by atoms with E-state index < -0.39 is 0 Å². The van der Waals surface area contributed by atoms with Gasteiger partial charge in [0, 0.05) is 21.1 Å². The number of halogens is 2. The first-order valence-corrected chi connectivity index (χ1v) is 10.9. The van der Waals surface area contributed by atoms with Gasteiger partial charge < -0.3 is 5.11 Å². The Morgan fingerprint density at radius 3 is 2.73 bits per heavy atom. The van der Waals surface area contributed by atoms with Gasteiger partial charge in [-0.25, -0.2) is 4.99 Å². The topological polar surface area (TPSA) is 56.4 Å². The van der Waals surface area contributed by atoms with Crippen LogP contribution in [0.1, 0.15) is 48.8 Å². The van der Waals surface area contributed by atoms with Crippen molar-refractivity contribution in [2.24, 2.45) is 16.3 Å². The SMILES string of the molecule is CC(C)(C)[C@H]1CCc2c(sc(N=Cc3cc(Br)cc(Br)c3O)c2C#N)C1. The molecule has 2 aromatic rings. The lowest BCUT2D eigenvalue weighted by Gasteiger charge is -2.33. The van der Waals surface area contributed by atoms with Crippen molar-refractivity contribution < 1.29 is 5.11 Å². The number of hydrogen-bond donors (Lipinski definition) is 1. The van der Waals surface area contributed by atoms with Crippen LogP contribution in [0.5, 0.6) is 5.75 Å². The van der Waals surface area contributed by atoms with Gasteiger partial charge in [0.2, 0.25) is 0 Å². The molecule has 6 heteroatoms. The van der Waals surface area contributed by atoms with Crippen LogP contribution in [0, 0.1) is 22.7 Å². The van der Waals surface area contributed by atoms with Crippen LogP contribution in [0.25, 0.3) is 0 Å². The van der Waals surface area contributed by atoms with E-state index in [9.17, 15) is 10.4 Å². The third-order valence-corrected chi connectivity index (χ3v) is 7.19. The molecule has 1 atom stereocenters. The van der Waals surface area contributed by atoms with E-state index in [4.69, 9.17) is 0 Å². The molecular formula is C20H20Br2N2OS. The number of aliphatic imine (C=N–C) groups is 1. The molecule has 0 radical (unpaired) electrons. The van der Waals surface area contributed by atoms with Crippen molar-refractivity contribution in [1.29, 1.82) is 5.26 Å². The van der Waals surface area contributed by atoms with Crippen LogP contribution >= 0.6 is 43.2 Å². The summed E-state index contributed by atoms with van der Waals surface area (Å²) < 4.78 is 1.45. The first-order chi connectivity index (χ1) is 12.2. The molecule has 0 spiro atoms. The highest BCUT2D eigenvalue weighted by Gasteiger charge is 2.32.